The number of hydrogen-bond donors (Lipinski definition) is 15. The van der Waals surface area contributed by atoms with E-state index in [1.165, 1.54) is 38.1 Å². The number of carboxylic acid groups (broad SMARTS) is 1. The second-order valence-corrected chi connectivity index (χ2v) is 18.3. The van der Waals surface area contributed by atoms with Crippen LogP contribution >= 0.6 is 0 Å². The summed E-state index contributed by atoms with van der Waals surface area (Å²) in [5, 5.41) is 51.2. The number of aliphatic hydroxyl groups is 1. The van der Waals surface area contributed by atoms with E-state index in [9.17, 15) is 58.5 Å². The molecule has 0 heterocycles. The molecule has 19 N–H and O–H groups in total. The molecule has 0 spiro atoms. The SMILES string of the molecule is CC[C@H](C)[C@H](NC(=O)CN)C(=O)N[C@@H](C)C(=O)N[C@H](C(=O)N[C@@H](Cc1ccc(O)cc1)C(=O)N[C@@H](CCCCN)C(=O)N[C@@H](CCCCN)C(=O)N[C@H](C(=O)N[C@@H](CCCCN)C(=O)O)[C@@H](C)CC)[C@@H](C)O. The molecule has 0 saturated carbocycles. The van der Waals surface area contributed by atoms with Crippen molar-refractivity contribution in [3.63, 3.8) is 0 Å². The fourth-order valence-electron chi connectivity index (χ4n) is 7.36. The largest absolute Gasteiger partial charge is 0.508 e. The van der Waals surface area contributed by atoms with Gasteiger partial charge in [0.1, 0.15) is 54.1 Å². The number of amides is 8. The number of rotatable bonds is 36. The van der Waals surface area contributed by atoms with Gasteiger partial charge in [-0.1, -0.05) is 52.7 Å². The van der Waals surface area contributed by atoms with Crippen LogP contribution in [0.5, 0.6) is 5.75 Å². The van der Waals surface area contributed by atoms with E-state index in [0.29, 0.717) is 63.5 Å². The molecule has 72 heavy (non-hydrogen) atoms. The first-order valence-corrected chi connectivity index (χ1v) is 25.0. The van der Waals surface area contributed by atoms with E-state index in [1.54, 1.807) is 27.7 Å². The van der Waals surface area contributed by atoms with Crippen molar-refractivity contribution in [3.05, 3.63) is 29.8 Å². The highest BCUT2D eigenvalue weighted by Crippen LogP contribution is 2.15. The molecule has 0 saturated heterocycles. The summed E-state index contributed by atoms with van der Waals surface area (Å²) in [5.41, 5.74) is 23.0. The van der Waals surface area contributed by atoms with Gasteiger partial charge in [-0.25, -0.2) is 4.79 Å². The van der Waals surface area contributed by atoms with Gasteiger partial charge in [-0.3, -0.25) is 38.4 Å². The van der Waals surface area contributed by atoms with E-state index >= 15 is 0 Å². The second kappa shape index (κ2) is 34.4. The van der Waals surface area contributed by atoms with Crippen LogP contribution in [0.2, 0.25) is 0 Å². The average molecular weight is 1020 g/mol. The quantitative estimate of drug-likeness (QED) is 0.0315. The van der Waals surface area contributed by atoms with Gasteiger partial charge in [-0.15, -0.1) is 0 Å². The number of aromatic hydroxyl groups is 1. The third-order valence-corrected chi connectivity index (χ3v) is 12.3. The van der Waals surface area contributed by atoms with Crippen molar-refractivity contribution >= 4 is 53.2 Å². The van der Waals surface area contributed by atoms with Crippen LogP contribution in [0.3, 0.4) is 0 Å². The van der Waals surface area contributed by atoms with Gasteiger partial charge in [0.05, 0.1) is 12.6 Å². The second-order valence-electron chi connectivity index (χ2n) is 18.3. The number of aliphatic hydroxyl groups excluding tert-OH is 1. The van der Waals surface area contributed by atoms with Gasteiger partial charge in [-0.05, 0) is 121 Å². The molecule has 0 aliphatic carbocycles. The zero-order chi connectivity index (χ0) is 54.5. The molecule has 11 atom stereocenters. The molecule has 408 valence electrons. The predicted octanol–water partition coefficient (Wildman–Crippen LogP) is -2.26. The monoisotopic (exact) mass is 1020 g/mol. The van der Waals surface area contributed by atoms with Gasteiger partial charge < -0.3 is 80.8 Å². The zero-order valence-electron chi connectivity index (χ0n) is 42.8. The minimum atomic E-state index is -1.68. The lowest BCUT2D eigenvalue weighted by Crippen LogP contribution is -2.62. The maximum atomic E-state index is 14.4. The van der Waals surface area contributed by atoms with Gasteiger partial charge in [0.15, 0.2) is 0 Å². The molecular formula is C48H84N12O12. The molecule has 0 radical (unpaired) electrons. The fraction of sp³-hybridized carbons (Fsp3) is 0.688. The van der Waals surface area contributed by atoms with Crippen LogP contribution in [0.25, 0.3) is 0 Å². The van der Waals surface area contributed by atoms with Crippen LogP contribution in [-0.2, 0) is 49.6 Å². The molecule has 0 aliphatic heterocycles. The van der Waals surface area contributed by atoms with Crippen LogP contribution in [0.15, 0.2) is 24.3 Å². The normalized spacial score (nSPS) is 15.8. The number of carboxylic acids is 1. The van der Waals surface area contributed by atoms with Crippen LogP contribution in [0.1, 0.15) is 118 Å². The van der Waals surface area contributed by atoms with Crippen LogP contribution in [0, 0.1) is 11.8 Å². The molecule has 1 aromatic rings. The van der Waals surface area contributed by atoms with Crippen LogP contribution in [-0.4, -0.2) is 149 Å². The minimum absolute atomic E-state index is 0.0220. The maximum absolute atomic E-state index is 14.4. The number of phenols is 1. The van der Waals surface area contributed by atoms with Crippen molar-refractivity contribution in [2.75, 3.05) is 26.2 Å². The van der Waals surface area contributed by atoms with Crippen LogP contribution in [0.4, 0.5) is 0 Å². The molecule has 24 heteroatoms. The Kier molecular flexibility index (Phi) is 30.6. The fourth-order valence-corrected chi connectivity index (χ4v) is 7.36. The molecule has 8 amide bonds. The summed E-state index contributed by atoms with van der Waals surface area (Å²) in [7, 11) is 0. The lowest BCUT2D eigenvalue weighted by molar-refractivity contribution is -0.143. The average Bonchev–Trinajstić information content (AvgIpc) is 3.34. The summed E-state index contributed by atoms with van der Waals surface area (Å²) in [4.78, 5) is 121. The maximum Gasteiger partial charge on any atom is 0.326 e. The lowest BCUT2D eigenvalue weighted by atomic mass is 9.96. The highest BCUT2D eigenvalue weighted by atomic mass is 16.4. The highest BCUT2D eigenvalue weighted by molar-refractivity contribution is 5.98. The first kappa shape index (κ1) is 64.1. The number of carbonyl (C=O) groups excluding carboxylic acids is 8. The number of phenolic OH excluding ortho intramolecular Hbond substituents is 1. The van der Waals surface area contributed by atoms with Crippen molar-refractivity contribution in [2.45, 2.75) is 173 Å². The van der Waals surface area contributed by atoms with E-state index in [1.807, 2.05) is 0 Å². The van der Waals surface area contributed by atoms with E-state index in [2.05, 4.69) is 42.5 Å². The molecule has 0 aromatic heterocycles. The summed E-state index contributed by atoms with van der Waals surface area (Å²) >= 11 is 0. The van der Waals surface area contributed by atoms with Crippen LogP contribution < -0.4 is 65.5 Å². The standard InChI is InChI=1S/C48H84N12O12/c1-7-27(3)38(58-37(63)26-52)45(68)53-29(5)41(64)60-40(30(6)61)47(70)57-36(25-31-18-20-32(62)21-19-31)44(67)55-33(15-9-12-22-49)42(65)54-34(16-10-13-23-50)43(66)59-39(28(4)8-2)46(69)56-35(48(71)72)17-11-14-24-51/h18-21,27-30,33-36,38-40,61-62H,7-17,22-26,49-52H2,1-6H3,(H,53,68)(H,54,65)(H,55,67)(H,56,69)(H,57,70)(H,58,63)(H,59,66)(H,60,64)(H,71,72)/t27-,28-,29-,30+,33-,34-,35-,36-,38-,39-,40-/m0/s1. The van der Waals surface area contributed by atoms with E-state index < -0.39 is 114 Å². The van der Waals surface area contributed by atoms with Crippen molar-refractivity contribution < 1.29 is 58.5 Å². The third kappa shape index (κ3) is 23.1. The lowest BCUT2D eigenvalue weighted by Gasteiger charge is -2.29. The highest BCUT2D eigenvalue weighted by Gasteiger charge is 2.36. The Bertz CT molecular complexity index is 1890. The van der Waals surface area contributed by atoms with E-state index in [-0.39, 0.29) is 57.0 Å². The topological polar surface area (TPSA) is 415 Å². The first-order chi connectivity index (χ1) is 34.1. The van der Waals surface area contributed by atoms with Gasteiger partial charge >= 0.3 is 5.97 Å². The van der Waals surface area contributed by atoms with Crippen molar-refractivity contribution in [3.8, 4) is 5.75 Å². The Morgan fingerprint density at radius 3 is 1.32 bits per heavy atom. The molecule has 1 aromatic carbocycles. The molecule has 1 rings (SSSR count). The number of aliphatic carboxylic acids is 1. The number of carbonyl (C=O) groups is 9. The number of hydrogen-bond acceptors (Lipinski definition) is 15. The number of unbranched alkanes of at least 4 members (excludes halogenated alkanes) is 3. The zero-order valence-corrected chi connectivity index (χ0v) is 42.8. The Hall–Kier alpha value is -5.95. The molecule has 0 fully saturated rings. The minimum Gasteiger partial charge on any atom is -0.508 e. The van der Waals surface area contributed by atoms with Crippen molar-refractivity contribution in [2.24, 2.45) is 34.8 Å². The number of benzene rings is 1. The summed E-state index contributed by atoms with van der Waals surface area (Å²) < 4.78 is 0. The third-order valence-electron chi connectivity index (χ3n) is 12.3. The summed E-state index contributed by atoms with van der Waals surface area (Å²) in [6.07, 6.45) is 1.98. The van der Waals surface area contributed by atoms with Gasteiger partial charge in [0.2, 0.25) is 47.3 Å². The van der Waals surface area contributed by atoms with Gasteiger partial charge in [-0.2, -0.15) is 0 Å². The van der Waals surface area contributed by atoms with E-state index in [4.69, 9.17) is 22.9 Å². The summed E-state index contributed by atoms with van der Waals surface area (Å²) in [5.74, 6) is -8.47. The van der Waals surface area contributed by atoms with Crippen molar-refractivity contribution in [1.29, 1.82) is 0 Å². The number of nitrogens with two attached hydrogens (primary N) is 4. The Morgan fingerprint density at radius 1 is 0.486 bits per heavy atom. The summed E-state index contributed by atoms with van der Waals surface area (Å²) in [6.45, 7) is 10.1. The smallest absolute Gasteiger partial charge is 0.326 e. The molecule has 24 nitrogen and oxygen atoms in total. The molecule has 0 aliphatic rings. The Morgan fingerprint density at radius 2 is 0.875 bits per heavy atom. The molecule has 0 bridgehead atoms. The van der Waals surface area contributed by atoms with Crippen molar-refractivity contribution in [1.82, 2.24) is 42.5 Å². The van der Waals surface area contributed by atoms with Gasteiger partial charge in [0, 0.05) is 6.42 Å². The first-order valence-electron chi connectivity index (χ1n) is 25.0. The predicted molar refractivity (Wildman–Crippen MR) is 269 cm³/mol. The Balaban J connectivity index is 3.53. The Labute approximate surface area is 422 Å². The molecular weight excluding hydrogens is 937 g/mol. The number of nitrogens with one attached hydrogen (secondary N) is 8. The summed E-state index contributed by atoms with van der Waals surface area (Å²) in [6, 6.07) is -4.77. The van der Waals surface area contributed by atoms with Gasteiger partial charge in [0.25, 0.3) is 0 Å². The van der Waals surface area contributed by atoms with E-state index in [0.717, 1.165) is 0 Å². The molecule has 0 unspecified atom stereocenters.